The molecule has 1 amide bonds. The van der Waals surface area contributed by atoms with Gasteiger partial charge in [-0.05, 0) is 73.5 Å². The number of rotatable bonds is 7. The van der Waals surface area contributed by atoms with E-state index in [9.17, 15) is 13.2 Å². The van der Waals surface area contributed by atoms with Gasteiger partial charge in [-0.1, -0.05) is 6.07 Å². The monoisotopic (exact) mass is 454 g/mol. The van der Waals surface area contributed by atoms with Crippen LogP contribution in [0.2, 0.25) is 0 Å². The van der Waals surface area contributed by atoms with Gasteiger partial charge in [-0.25, -0.2) is 8.42 Å². The molecule has 0 aliphatic carbocycles. The highest BCUT2D eigenvalue weighted by Crippen LogP contribution is 2.34. The first kappa shape index (κ1) is 21.5. The van der Waals surface area contributed by atoms with E-state index in [1.807, 2.05) is 19.9 Å². The minimum absolute atomic E-state index is 0.0906. The number of anilines is 2. The summed E-state index contributed by atoms with van der Waals surface area (Å²) in [7, 11) is -3.74. The van der Waals surface area contributed by atoms with Crippen LogP contribution in [0.25, 0.3) is 0 Å². The molecule has 0 aromatic heterocycles. The van der Waals surface area contributed by atoms with Crippen LogP contribution in [0.4, 0.5) is 11.4 Å². The van der Waals surface area contributed by atoms with E-state index in [0.717, 1.165) is 11.1 Å². The van der Waals surface area contributed by atoms with E-state index in [-0.39, 0.29) is 24.2 Å². The number of ether oxygens (including phenoxy) is 3. The average molecular weight is 455 g/mol. The zero-order chi connectivity index (χ0) is 22.7. The molecule has 9 heteroatoms. The molecule has 0 unspecified atom stereocenters. The number of nitrogens with one attached hydrogen (secondary N) is 2. The second-order valence-electron chi connectivity index (χ2n) is 7.28. The molecular formula is C23H22N2O6S. The van der Waals surface area contributed by atoms with Crippen LogP contribution in [0, 0.1) is 13.8 Å². The maximum absolute atomic E-state index is 12.6. The summed E-state index contributed by atoms with van der Waals surface area (Å²) in [5, 5.41) is 2.71. The number of fused-ring (bicyclic) bond motifs is 1. The summed E-state index contributed by atoms with van der Waals surface area (Å²) in [6.45, 7) is 3.80. The number of carbonyl (C=O) groups excluding carboxylic acids is 1. The Bertz CT molecular complexity index is 1260. The van der Waals surface area contributed by atoms with Gasteiger partial charge in [0.2, 0.25) is 6.79 Å². The molecule has 3 aromatic rings. The number of carbonyl (C=O) groups is 1. The van der Waals surface area contributed by atoms with Crippen molar-refractivity contribution in [2.45, 2.75) is 18.7 Å². The van der Waals surface area contributed by atoms with Gasteiger partial charge in [-0.2, -0.15) is 0 Å². The highest BCUT2D eigenvalue weighted by molar-refractivity contribution is 7.92. The Morgan fingerprint density at radius 3 is 2.38 bits per heavy atom. The second-order valence-corrected chi connectivity index (χ2v) is 8.96. The van der Waals surface area contributed by atoms with E-state index in [0.29, 0.717) is 28.6 Å². The van der Waals surface area contributed by atoms with Gasteiger partial charge in [0, 0.05) is 17.4 Å². The fourth-order valence-electron chi connectivity index (χ4n) is 3.05. The summed E-state index contributed by atoms with van der Waals surface area (Å²) >= 11 is 0. The van der Waals surface area contributed by atoms with Gasteiger partial charge in [-0.3, -0.25) is 9.52 Å². The molecule has 0 fully saturated rings. The van der Waals surface area contributed by atoms with E-state index in [2.05, 4.69) is 10.0 Å². The lowest BCUT2D eigenvalue weighted by atomic mass is 10.1. The van der Waals surface area contributed by atoms with Crippen LogP contribution in [-0.2, 0) is 14.8 Å². The maximum atomic E-state index is 12.6. The van der Waals surface area contributed by atoms with Crippen molar-refractivity contribution in [3.8, 4) is 17.2 Å². The molecular weight excluding hydrogens is 432 g/mol. The topological polar surface area (TPSA) is 103 Å². The first-order valence-corrected chi connectivity index (χ1v) is 11.3. The van der Waals surface area contributed by atoms with Gasteiger partial charge in [0.15, 0.2) is 18.1 Å². The number of benzene rings is 3. The number of amides is 1. The zero-order valence-corrected chi connectivity index (χ0v) is 18.4. The first-order valence-electron chi connectivity index (χ1n) is 9.83. The Hall–Kier alpha value is -3.72. The standard InChI is InChI=1S/C23H22N2O6S/c1-15-3-4-18(11-16(15)2)25-32(27,28)20-8-6-19(7-9-20)29-13-23(26)24-17-5-10-21-22(12-17)31-14-30-21/h3-12,25H,13-14H2,1-2H3,(H,24,26). The molecule has 0 saturated carbocycles. The van der Waals surface area contributed by atoms with Gasteiger partial charge >= 0.3 is 0 Å². The Morgan fingerprint density at radius 1 is 0.906 bits per heavy atom. The highest BCUT2D eigenvalue weighted by Gasteiger charge is 2.16. The molecule has 0 bridgehead atoms. The molecule has 166 valence electrons. The summed E-state index contributed by atoms with van der Waals surface area (Å²) in [6, 6.07) is 16.3. The van der Waals surface area contributed by atoms with Gasteiger partial charge in [-0.15, -0.1) is 0 Å². The minimum atomic E-state index is -3.74. The van der Waals surface area contributed by atoms with E-state index in [1.165, 1.54) is 24.3 Å². The lowest BCUT2D eigenvalue weighted by molar-refractivity contribution is -0.118. The third-order valence-electron chi connectivity index (χ3n) is 4.92. The highest BCUT2D eigenvalue weighted by atomic mass is 32.2. The molecule has 0 radical (unpaired) electrons. The molecule has 2 N–H and O–H groups in total. The fourth-order valence-corrected chi connectivity index (χ4v) is 4.10. The second kappa shape index (κ2) is 8.80. The van der Waals surface area contributed by atoms with Crippen LogP contribution in [0.5, 0.6) is 17.2 Å². The molecule has 4 rings (SSSR count). The van der Waals surface area contributed by atoms with E-state index in [1.54, 1.807) is 30.3 Å². The molecule has 0 spiro atoms. The normalized spacial score (nSPS) is 12.3. The number of aryl methyl sites for hydroxylation is 2. The van der Waals surface area contributed by atoms with Gasteiger partial charge in [0.25, 0.3) is 15.9 Å². The summed E-state index contributed by atoms with van der Waals surface area (Å²) in [4.78, 5) is 12.2. The molecule has 1 aliphatic rings. The van der Waals surface area contributed by atoms with E-state index >= 15 is 0 Å². The number of hydrogen-bond donors (Lipinski definition) is 2. The predicted octanol–water partition coefficient (Wildman–Crippen LogP) is 3.85. The van der Waals surface area contributed by atoms with Crippen molar-refractivity contribution in [2.24, 2.45) is 0 Å². The lowest BCUT2D eigenvalue weighted by Gasteiger charge is -2.11. The Labute approximate surface area is 186 Å². The third kappa shape index (κ3) is 4.94. The maximum Gasteiger partial charge on any atom is 0.262 e. The summed E-state index contributed by atoms with van der Waals surface area (Å²) in [5.74, 6) is 1.20. The van der Waals surface area contributed by atoms with Crippen LogP contribution in [0.1, 0.15) is 11.1 Å². The van der Waals surface area contributed by atoms with Crippen molar-refractivity contribution in [1.82, 2.24) is 0 Å². The van der Waals surface area contributed by atoms with Crippen LogP contribution >= 0.6 is 0 Å². The van der Waals surface area contributed by atoms with Gasteiger partial charge in [0.05, 0.1) is 4.90 Å². The van der Waals surface area contributed by atoms with Crippen LogP contribution in [0.15, 0.2) is 65.6 Å². The molecule has 0 atom stereocenters. The average Bonchev–Trinajstić information content (AvgIpc) is 3.23. The Morgan fingerprint density at radius 2 is 1.62 bits per heavy atom. The fraction of sp³-hybridized carbons (Fsp3) is 0.174. The predicted molar refractivity (Wildman–Crippen MR) is 120 cm³/mol. The van der Waals surface area contributed by atoms with E-state index < -0.39 is 10.0 Å². The Kier molecular flexibility index (Phi) is 5.91. The SMILES string of the molecule is Cc1ccc(NS(=O)(=O)c2ccc(OCC(=O)Nc3ccc4c(c3)OCO4)cc2)cc1C. The van der Waals surface area contributed by atoms with Crippen LogP contribution in [-0.4, -0.2) is 27.7 Å². The Balaban J connectivity index is 1.33. The van der Waals surface area contributed by atoms with Gasteiger partial charge < -0.3 is 19.5 Å². The van der Waals surface area contributed by atoms with E-state index in [4.69, 9.17) is 14.2 Å². The molecule has 1 aliphatic heterocycles. The summed E-state index contributed by atoms with van der Waals surface area (Å²) < 4.78 is 43.8. The van der Waals surface area contributed by atoms with Crippen molar-refractivity contribution in [3.05, 3.63) is 71.8 Å². The molecule has 8 nitrogen and oxygen atoms in total. The van der Waals surface area contributed by atoms with Crippen molar-refractivity contribution in [2.75, 3.05) is 23.4 Å². The largest absolute Gasteiger partial charge is 0.484 e. The van der Waals surface area contributed by atoms with Gasteiger partial charge in [0.1, 0.15) is 5.75 Å². The molecule has 0 saturated heterocycles. The number of hydrogen-bond acceptors (Lipinski definition) is 6. The van der Waals surface area contributed by atoms with Crippen molar-refractivity contribution in [3.63, 3.8) is 0 Å². The number of sulfonamides is 1. The molecule has 32 heavy (non-hydrogen) atoms. The lowest BCUT2D eigenvalue weighted by Crippen LogP contribution is -2.20. The van der Waals surface area contributed by atoms with Crippen LogP contribution < -0.4 is 24.2 Å². The molecule has 3 aromatic carbocycles. The van der Waals surface area contributed by atoms with Crippen molar-refractivity contribution in [1.29, 1.82) is 0 Å². The van der Waals surface area contributed by atoms with Crippen LogP contribution in [0.3, 0.4) is 0 Å². The summed E-state index contributed by atoms with van der Waals surface area (Å²) in [5.41, 5.74) is 3.13. The minimum Gasteiger partial charge on any atom is -0.484 e. The first-order chi connectivity index (χ1) is 15.3. The quantitative estimate of drug-likeness (QED) is 0.562. The third-order valence-corrected chi connectivity index (χ3v) is 6.32. The van der Waals surface area contributed by atoms with Crippen molar-refractivity contribution >= 4 is 27.3 Å². The zero-order valence-electron chi connectivity index (χ0n) is 17.5. The van der Waals surface area contributed by atoms with Crippen molar-refractivity contribution < 1.29 is 27.4 Å². The smallest absolute Gasteiger partial charge is 0.262 e. The summed E-state index contributed by atoms with van der Waals surface area (Å²) in [6.07, 6.45) is 0. The molecule has 1 heterocycles.